The third-order valence-electron chi connectivity index (χ3n) is 6.27. The van der Waals surface area contributed by atoms with Crippen LogP contribution in [0.3, 0.4) is 0 Å². The predicted molar refractivity (Wildman–Crippen MR) is 81.8 cm³/mol. The number of rotatable bonds is 3. The molecule has 2 nitrogen and oxygen atoms in total. The Kier molecular flexibility index (Phi) is 3.12. The summed E-state index contributed by atoms with van der Waals surface area (Å²) in [6.07, 6.45) is 7.36. The van der Waals surface area contributed by atoms with Gasteiger partial charge in [0.25, 0.3) is 0 Å². The van der Waals surface area contributed by atoms with Crippen LogP contribution >= 0.6 is 0 Å². The van der Waals surface area contributed by atoms with Crippen LogP contribution in [0.5, 0.6) is 0 Å². The zero-order valence-electron chi connectivity index (χ0n) is 12.4. The molecule has 4 fully saturated rings. The standard InChI is InChI=1S/C18H26N2/c1-11-3-2-4-14(5-11)18(20-19)17-15-7-12-6-13(9-15)10-16(17)8-12/h2-5,12-13,15-18,20H,6-10,19H2,1H3. The van der Waals surface area contributed by atoms with E-state index in [9.17, 15) is 0 Å². The lowest BCUT2D eigenvalue weighted by Gasteiger charge is -2.56. The molecule has 2 heteroatoms. The van der Waals surface area contributed by atoms with Crippen molar-refractivity contribution >= 4 is 0 Å². The van der Waals surface area contributed by atoms with Crippen molar-refractivity contribution in [1.82, 2.24) is 5.43 Å². The second-order valence-electron chi connectivity index (χ2n) is 7.57. The summed E-state index contributed by atoms with van der Waals surface area (Å²) in [4.78, 5) is 0. The van der Waals surface area contributed by atoms with E-state index in [2.05, 4.69) is 36.6 Å². The molecule has 0 amide bonds. The minimum absolute atomic E-state index is 0.352. The van der Waals surface area contributed by atoms with Gasteiger partial charge in [0.15, 0.2) is 0 Å². The van der Waals surface area contributed by atoms with E-state index in [0.29, 0.717) is 6.04 Å². The minimum atomic E-state index is 0.352. The number of aryl methyl sites for hydroxylation is 1. The maximum Gasteiger partial charge on any atom is 0.0493 e. The van der Waals surface area contributed by atoms with E-state index in [1.807, 2.05) is 0 Å². The average Bonchev–Trinajstić information content (AvgIpc) is 2.42. The first-order valence-corrected chi connectivity index (χ1v) is 8.27. The molecule has 1 atom stereocenters. The first-order chi connectivity index (χ1) is 9.74. The highest BCUT2D eigenvalue weighted by Crippen LogP contribution is 2.59. The van der Waals surface area contributed by atoms with E-state index in [0.717, 1.165) is 29.6 Å². The summed E-state index contributed by atoms with van der Waals surface area (Å²) in [5, 5.41) is 0. The Hall–Kier alpha value is -0.860. The fourth-order valence-electron chi connectivity index (χ4n) is 5.80. The number of nitrogens with one attached hydrogen (secondary N) is 1. The van der Waals surface area contributed by atoms with Gasteiger partial charge in [-0.15, -0.1) is 0 Å². The molecule has 0 aliphatic heterocycles. The Labute approximate surface area is 122 Å². The number of benzene rings is 1. The molecule has 1 aromatic carbocycles. The molecule has 1 aromatic rings. The van der Waals surface area contributed by atoms with Crippen molar-refractivity contribution in [2.75, 3.05) is 0 Å². The zero-order valence-corrected chi connectivity index (χ0v) is 12.4. The molecule has 108 valence electrons. The van der Waals surface area contributed by atoms with Gasteiger partial charge in [-0.25, -0.2) is 0 Å². The second kappa shape index (κ2) is 4.85. The molecule has 0 radical (unpaired) electrons. The quantitative estimate of drug-likeness (QED) is 0.651. The molecule has 3 N–H and O–H groups in total. The SMILES string of the molecule is Cc1cccc(C(NN)C2C3CC4CC(C3)CC2C4)c1. The largest absolute Gasteiger partial charge is 0.271 e. The Balaban J connectivity index is 1.65. The molecule has 5 rings (SSSR count). The van der Waals surface area contributed by atoms with E-state index in [1.165, 1.54) is 43.2 Å². The fraction of sp³-hybridized carbons (Fsp3) is 0.667. The van der Waals surface area contributed by atoms with E-state index in [-0.39, 0.29) is 0 Å². The van der Waals surface area contributed by atoms with Gasteiger partial charge < -0.3 is 0 Å². The van der Waals surface area contributed by atoms with Crippen LogP contribution in [0.2, 0.25) is 0 Å². The predicted octanol–water partition coefficient (Wildman–Crippen LogP) is 3.57. The van der Waals surface area contributed by atoms with Crippen molar-refractivity contribution in [1.29, 1.82) is 0 Å². The van der Waals surface area contributed by atoms with Crippen molar-refractivity contribution in [2.24, 2.45) is 35.4 Å². The van der Waals surface area contributed by atoms with E-state index >= 15 is 0 Å². The van der Waals surface area contributed by atoms with Gasteiger partial charge in [-0.3, -0.25) is 11.3 Å². The van der Waals surface area contributed by atoms with Gasteiger partial charge in [-0.05, 0) is 74.2 Å². The minimum Gasteiger partial charge on any atom is -0.271 e. The van der Waals surface area contributed by atoms with E-state index < -0.39 is 0 Å². The number of hydrogen-bond donors (Lipinski definition) is 2. The van der Waals surface area contributed by atoms with Crippen LogP contribution in [0.1, 0.15) is 49.3 Å². The van der Waals surface area contributed by atoms with Crippen LogP contribution in [0.25, 0.3) is 0 Å². The zero-order chi connectivity index (χ0) is 13.7. The molecule has 0 heterocycles. The highest BCUT2D eigenvalue weighted by atomic mass is 15.2. The summed E-state index contributed by atoms with van der Waals surface area (Å²) >= 11 is 0. The topological polar surface area (TPSA) is 38.0 Å². The molecule has 4 aliphatic rings. The third-order valence-corrected chi connectivity index (χ3v) is 6.27. The lowest BCUT2D eigenvalue weighted by Crippen LogP contribution is -2.50. The lowest BCUT2D eigenvalue weighted by molar-refractivity contribution is -0.0525. The summed E-state index contributed by atoms with van der Waals surface area (Å²) in [6, 6.07) is 9.27. The van der Waals surface area contributed by atoms with Gasteiger partial charge in [0.2, 0.25) is 0 Å². The molecule has 1 unspecified atom stereocenters. The van der Waals surface area contributed by atoms with Crippen molar-refractivity contribution in [3.8, 4) is 0 Å². The van der Waals surface area contributed by atoms with Gasteiger partial charge in [0, 0.05) is 6.04 Å². The van der Waals surface area contributed by atoms with Crippen LogP contribution in [0, 0.1) is 36.5 Å². The Bertz CT molecular complexity index is 468. The summed E-state index contributed by atoms with van der Waals surface area (Å²) in [7, 11) is 0. The van der Waals surface area contributed by atoms with Crippen LogP contribution < -0.4 is 11.3 Å². The first-order valence-electron chi connectivity index (χ1n) is 8.27. The lowest BCUT2D eigenvalue weighted by atomic mass is 9.50. The van der Waals surface area contributed by atoms with Gasteiger partial charge in [-0.1, -0.05) is 29.8 Å². The van der Waals surface area contributed by atoms with Crippen LogP contribution in [-0.4, -0.2) is 0 Å². The monoisotopic (exact) mass is 270 g/mol. The Morgan fingerprint density at radius 1 is 1.05 bits per heavy atom. The molecule has 4 aliphatic carbocycles. The van der Waals surface area contributed by atoms with Gasteiger partial charge >= 0.3 is 0 Å². The van der Waals surface area contributed by atoms with Gasteiger partial charge in [-0.2, -0.15) is 0 Å². The summed E-state index contributed by atoms with van der Waals surface area (Å²) in [5.74, 6) is 10.6. The normalized spacial score (nSPS) is 40.0. The van der Waals surface area contributed by atoms with Crippen molar-refractivity contribution in [2.45, 2.75) is 45.1 Å². The highest BCUT2D eigenvalue weighted by Gasteiger charge is 2.50. The maximum atomic E-state index is 5.98. The highest BCUT2D eigenvalue weighted by molar-refractivity contribution is 5.26. The molecular weight excluding hydrogens is 244 g/mol. The van der Waals surface area contributed by atoms with Gasteiger partial charge in [0.05, 0.1) is 0 Å². The fourth-order valence-corrected chi connectivity index (χ4v) is 5.80. The third kappa shape index (κ3) is 2.01. The average molecular weight is 270 g/mol. The molecule has 0 spiro atoms. The first kappa shape index (κ1) is 12.8. The molecule has 4 saturated carbocycles. The molecular formula is C18H26N2. The summed E-state index contributed by atoms with van der Waals surface area (Å²) in [6.45, 7) is 2.17. The Morgan fingerprint density at radius 3 is 2.25 bits per heavy atom. The van der Waals surface area contributed by atoms with Gasteiger partial charge in [0.1, 0.15) is 0 Å². The van der Waals surface area contributed by atoms with Crippen LogP contribution in [0.15, 0.2) is 24.3 Å². The summed E-state index contributed by atoms with van der Waals surface area (Å²) in [5.41, 5.74) is 5.91. The molecule has 0 saturated heterocycles. The smallest absolute Gasteiger partial charge is 0.0493 e. The molecule has 4 bridgehead atoms. The Morgan fingerprint density at radius 2 is 1.70 bits per heavy atom. The van der Waals surface area contributed by atoms with Crippen LogP contribution in [0.4, 0.5) is 0 Å². The van der Waals surface area contributed by atoms with Crippen LogP contribution in [-0.2, 0) is 0 Å². The number of nitrogens with two attached hydrogens (primary N) is 1. The maximum absolute atomic E-state index is 5.98. The second-order valence-corrected chi connectivity index (χ2v) is 7.57. The van der Waals surface area contributed by atoms with Crippen molar-refractivity contribution in [3.05, 3.63) is 35.4 Å². The molecule has 0 aromatic heterocycles. The summed E-state index contributed by atoms with van der Waals surface area (Å²) < 4.78 is 0. The van der Waals surface area contributed by atoms with E-state index in [1.54, 1.807) is 0 Å². The molecule has 20 heavy (non-hydrogen) atoms. The number of hydrazine groups is 1. The number of hydrogen-bond acceptors (Lipinski definition) is 2. The van der Waals surface area contributed by atoms with Crippen molar-refractivity contribution < 1.29 is 0 Å². The van der Waals surface area contributed by atoms with Crippen molar-refractivity contribution in [3.63, 3.8) is 0 Å². The van der Waals surface area contributed by atoms with E-state index in [4.69, 9.17) is 5.84 Å².